The van der Waals surface area contributed by atoms with Gasteiger partial charge in [0.25, 0.3) is 0 Å². The number of fused-ring (bicyclic) bond motifs is 1. The summed E-state index contributed by atoms with van der Waals surface area (Å²) in [5, 5.41) is 7.06. The summed E-state index contributed by atoms with van der Waals surface area (Å²) in [5.74, 6) is -0.946. The van der Waals surface area contributed by atoms with Gasteiger partial charge in [-0.3, -0.25) is 24.2 Å². The first-order valence-corrected chi connectivity index (χ1v) is 16.0. The minimum absolute atomic E-state index is 0.0531. The monoisotopic (exact) mass is 654 g/mol. The maximum atomic E-state index is 13.6. The number of ether oxygens (including phenoxy) is 1. The molecule has 46 heavy (non-hydrogen) atoms. The van der Waals surface area contributed by atoms with Crippen LogP contribution in [0.3, 0.4) is 0 Å². The Morgan fingerprint density at radius 3 is 2.43 bits per heavy atom. The number of benzene rings is 1. The molecule has 0 atom stereocenters. The second kappa shape index (κ2) is 20.2. The molecule has 3 rings (SSSR count). The van der Waals surface area contributed by atoms with Gasteiger partial charge in [-0.25, -0.2) is 0 Å². The number of hydrogen-bond donors (Lipinski definition) is 5. The molecule has 0 spiro atoms. The molecule has 0 radical (unpaired) electrons. The van der Waals surface area contributed by atoms with Crippen molar-refractivity contribution < 1.29 is 23.9 Å². The number of nitrogens with zero attached hydrogens (tertiary/aromatic N) is 4. The van der Waals surface area contributed by atoms with E-state index in [9.17, 15) is 19.2 Å². The highest BCUT2D eigenvalue weighted by atomic mass is 32.1. The van der Waals surface area contributed by atoms with E-state index >= 15 is 0 Å². The first-order chi connectivity index (χ1) is 22.4. The van der Waals surface area contributed by atoms with E-state index in [2.05, 4.69) is 39.3 Å². The van der Waals surface area contributed by atoms with Gasteiger partial charge in [0.05, 0.1) is 32.8 Å². The van der Waals surface area contributed by atoms with Gasteiger partial charge in [-0.15, -0.1) is 0 Å². The number of aromatic amines is 1. The van der Waals surface area contributed by atoms with Gasteiger partial charge in [0.15, 0.2) is 0 Å². The Labute approximate surface area is 275 Å². The van der Waals surface area contributed by atoms with E-state index < -0.39 is 11.8 Å². The molecule has 2 heterocycles. The molecular weight excluding hydrogens is 608 g/mol. The van der Waals surface area contributed by atoms with Crippen molar-refractivity contribution in [1.82, 2.24) is 35.3 Å². The zero-order valence-electron chi connectivity index (χ0n) is 26.5. The van der Waals surface area contributed by atoms with Crippen LogP contribution in [0.15, 0.2) is 55.0 Å². The minimum atomic E-state index is -0.423. The summed E-state index contributed by atoms with van der Waals surface area (Å²) in [4.78, 5) is 64.4. The van der Waals surface area contributed by atoms with Crippen LogP contribution in [0.25, 0.3) is 10.9 Å². The number of nitrogens with two attached hydrogens (primary N) is 1. The molecule has 0 aliphatic rings. The lowest BCUT2D eigenvalue weighted by atomic mass is 10.1. The number of H-pyrrole nitrogens is 1. The van der Waals surface area contributed by atoms with Gasteiger partial charge in [-0.2, -0.15) is 12.6 Å². The lowest BCUT2D eigenvalue weighted by molar-refractivity contribution is -0.145. The molecule has 1 aromatic carbocycles. The molecule has 0 aliphatic carbocycles. The topological polar surface area (TPSA) is 166 Å². The Hall–Kier alpha value is -3.98. The van der Waals surface area contributed by atoms with E-state index in [4.69, 9.17) is 10.5 Å². The van der Waals surface area contributed by atoms with Gasteiger partial charge >= 0.3 is 0 Å². The average molecular weight is 655 g/mol. The van der Waals surface area contributed by atoms with Crippen LogP contribution in [-0.2, 0) is 36.9 Å². The normalized spacial score (nSPS) is 10.9. The molecule has 14 heteroatoms. The predicted molar refractivity (Wildman–Crippen MR) is 180 cm³/mol. The number of thiol groups is 1. The van der Waals surface area contributed by atoms with Crippen LogP contribution in [0.5, 0.6) is 0 Å². The number of aromatic nitrogens is 2. The Bertz CT molecular complexity index is 1390. The fraction of sp³-hybridized carbons (Fsp3) is 0.469. The van der Waals surface area contributed by atoms with Crippen molar-refractivity contribution in [3.8, 4) is 0 Å². The van der Waals surface area contributed by atoms with E-state index in [0.717, 1.165) is 28.5 Å². The Balaban J connectivity index is 1.63. The van der Waals surface area contributed by atoms with Gasteiger partial charge in [0.1, 0.15) is 0 Å². The molecular formula is C32H46N8O5S. The zero-order valence-corrected chi connectivity index (χ0v) is 27.3. The highest BCUT2D eigenvalue weighted by molar-refractivity contribution is 7.80. The molecule has 0 saturated carbocycles. The van der Waals surface area contributed by atoms with Crippen LogP contribution >= 0.6 is 12.6 Å². The van der Waals surface area contributed by atoms with Crippen LogP contribution in [0.2, 0.25) is 0 Å². The van der Waals surface area contributed by atoms with Gasteiger partial charge in [0.2, 0.25) is 23.6 Å². The molecule has 0 aliphatic heterocycles. The molecule has 4 amide bonds. The zero-order chi connectivity index (χ0) is 33.1. The maximum Gasteiger partial charge on any atom is 0.242 e. The van der Waals surface area contributed by atoms with E-state index in [1.54, 1.807) is 18.5 Å². The number of amides is 4. The molecule has 250 valence electrons. The van der Waals surface area contributed by atoms with Crippen LogP contribution < -0.4 is 16.4 Å². The number of para-hydroxylation sites is 1. The average Bonchev–Trinajstić information content (AvgIpc) is 3.48. The van der Waals surface area contributed by atoms with E-state index in [1.807, 2.05) is 30.5 Å². The summed E-state index contributed by atoms with van der Waals surface area (Å²) in [6.45, 7) is 1.41. The van der Waals surface area contributed by atoms with Gasteiger partial charge in [-0.05, 0) is 49.2 Å². The van der Waals surface area contributed by atoms with E-state index in [1.165, 1.54) is 21.8 Å². The van der Waals surface area contributed by atoms with Gasteiger partial charge in [-0.1, -0.05) is 24.3 Å². The van der Waals surface area contributed by atoms with Crippen molar-refractivity contribution in [2.75, 3.05) is 78.4 Å². The van der Waals surface area contributed by atoms with Crippen molar-refractivity contribution in [3.63, 3.8) is 0 Å². The SMILES string of the molecule is COCCN(CC(=O)N(CC(=O)NCCS)Cc1cccnc1)C(=O)CN(CCCN)C(=O)CNCCc1c[nH]c2ccccc12. The van der Waals surface area contributed by atoms with E-state index in [0.29, 0.717) is 38.4 Å². The lowest BCUT2D eigenvalue weighted by Gasteiger charge is -2.30. The maximum absolute atomic E-state index is 13.6. The molecule has 13 nitrogen and oxygen atoms in total. The van der Waals surface area contributed by atoms with Crippen LogP contribution in [0, 0.1) is 0 Å². The van der Waals surface area contributed by atoms with Gasteiger partial charge < -0.3 is 40.8 Å². The Morgan fingerprint density at radius 2 is 1.72 bits per heavy atom. The number of carbonyl (C=O) groups is 4. The Kier molecular flexibility index (Phi) is 16.0. The first kappa shape index (κ1) is 36.5. The third-order valence-electron chi connectivity index (χ3n) is 7.29. The summed E-state index contributed by atoms with van der Waals surface area (Å²) < 4.78 is 5.20. The predicted octanol–water partition coefficient (Wildman–Crippen LogP) is 0.422. The molecule has 3 aromatic rings. The van der Waals surface area contributed by atoms with Gasteiger partial charge in [0, 0.05) is 68.5 Å². The van der Waals surface area contributed by atoms with Crippen LogP contribution in [0.1, 0.15) is 17.5 Å². The van der Waals surface area contributed by atoms with Crippen molar-refractivity contribution in [2.24, 2.45) is 5.73 Å². The summed E-state index contributed by atoms with van der Waals surface area (Å²) in [5.41, 5.74) is 8.68. The number of hydrogen-bond acceptors (Lipinski definition) is 9. The fourth-order valence-corrected chi connectivity index (χ4v) is 4.94. The standard InChI is InChI=1S/C32H46N8O5S/c1-45-16-15-39(24-32(44)40(22-29(41)36-13-17-46)21-25-6-4-11-34-18-25)31(43)23-38(14-5-10-33)30(42)20-35-12-9-26-19-37-28-8-3-2-7-27(26)28/h2-4,6-8,11,18-19,35,37,46H,5,9-10,12-17,20-24,33H2,1H3,(H,36,41). The summed E-state index contributed by atoms with van der Waals surface area (Å²) in [6.07, 6.45) is 6.47. The second-order valence-electron chi connectivity index (χ2n) is 10.7. The molecule has 0 saturated heterocycles. The molecule has 5 N–H and O–H groups in total. The molecule has 0 bridgehead atoms. The van der Waals surface area contributed by atoms with Crippen LogP contribution in [0.4, 0.5) is 0 Å². The highest BCUT2D eigenvalue weighted by Gasteiger charge is 2.26. The summed E-state index contributed by atoms with van der Waals surface area (Å²) >= 11 is 4.12. The van der Waals surface area contributed by atoms with E-state index in [-0.39, 0.29) is 57.7 Å². The fourth-order valence-electron chi connectivity index (χ4n) is 4.83. The number of methoxy groups -OCH3 is 1. The highest BCUT2D eigenvalue weighted by Crippen LogP contribution is 2.17. The number of carbonyl (C=O) groups excluding carboxylic acids is 4. The smallest absolute Gasteiger partial charge is 0.242 e. The molecule has 0 unspecified atom stereocenters. The minimum Gasteiger partial charge on any atom is -0.383 e. The van der Waals surface area contributed by atoms with Crippen molar-refractivity contribution in [1.29, 1.82) is 0 Å². The number of rotatable bonds is 21. The molecule has 2 aromatic heterocycles. The summed E-state index contributed by atoms with van der Waals surface area (Å²) in [7, 11) is 1.50. The quantitative estimate of drug-likeness (QED) is 0.0815. The first-order valence-electron chi connectivity index (χ1n) is 15.4. The van der Waals surface area contributed by atoms with Crippen molar-refractivity contribution >= 4 is 47.2 Å². The largest absolute Gasteiger partial charge is 0.383 e. The van der Waals surface area contributed by atoms with Crippen molar-refractivity contribution in [3.05, 3.63) is 66.1 Å². The number of nitrogens with one attached hydrogen (secondary N) is 3. The third kappa shape index (κ3) is 12.1. The third-order valence-corrected chi connectivity index (χ3v) is 7.52. The Morgan fingerprint density at radius 1 is 0.957 bits per heavy atom. The second-order valence-corrected chi connectivity index (χ2v) is 11.2. The lowest BCUT2D eigenvalue weighted by Crippen LogP contribution is -2.50. The number of pyridine rings is 1. The van der Waals surface area contributed by atoms with Crippen molar-refractivity contribution in [2.45, 2.75) is 19.4 Å². The van der Waals surface area contributed by atoms with Crippen LogP contribution in [-0.4, -0.2) is 127 Å². The molecule has 0 fully saturated rings. The summed E-state index contributed by atoms with van der Waals surface area (Å²) in [6, 6.07) is 11.6.